The normalized spacial score (nSPS) is 11.3. The third kappa shape index (κ3) is 4.56. The summed E-state index contributed by atoms with van der Waals surface area (Å²) in [6.45, 7) is 5.62. The zero-order chi connectivity index (χ0) is 17.0. The first kappa shape index (κ1) is 17.0. The maximum atomic E-state index is 14.0. The molecule has 0 saturated carbocycles. The molecule has 0 aliphatic heterocycles. The van der Waals surface area contributed by atoms with E-state index >= 15 is 0 Å². The molecule has 2 aromatic rings. The molecule has 0 saturated heterocycles. The first-order valence-corrected chi connectivity index (χ1v) is 7.51. The lowest BCUT2D eigenvalue weighted by atomic mass is 10.1. The number of amides is 2. The van der Waals surface area contributed by atoms with Crippen molar-refractivity contribution < 1.29 is 14.3 Å². The summed E-state index contributed by atoms with van der Waals surface area (Å²) < 4.78 is 15.8. The number of nitrogens with one attached hydrogen (secondary N) is 1. The van der Waals surface area contributed by atoms with Crippen molar-refractivity contribution in [3.8, 4) is 5.69 Å². The number of hydrogen-bond donors (Lipinski definition) is 2. The van der Waals surface area contributed by atoms with E-state index in [1.165, 1.54) is 11.0 Å². The fourth-order valence-electron chi connectivity index (χ4n) is 2.26. The maximum Gasteiger partial charge on any atom is 0.322 e. The van der Waals surface area contributed by atoms with Gasteiger partial charge in [-0.2, -0.15) is 0 Å². The number of rotatable bonds is 5. The molecule has 0 spiro atoms. The van der Waals surface area contributed by atoms with Crippen LogP contribution >= 0.6 is 0 Å². The van der Waals surface area contributed by atoms with E-state index in [2.05, 4.69) is 5.32 Å². The summed E-state index contributed by atoms with van der Waals surface area (Å²) >= 11 is 0. The number of likely N-dealkylation sites (N-methyl/N-ethyl adjacent to an activating group) is 1. The number of carbonyl (C=O) groups excluding carboxylic acids is 1. The van der Waals surface area contributed by atoms with Crippen molar-refractivity contribution >= 4 is 11.7 Å². The van der Waals surface area contributed by atoms with Gasteiger partial charge in [0.1, 0.15) is 5.82 Å². The molecule has 2 amide bonds. The predicted octanol–water partition coefficient (Wildman–Crippen LogP) is 3.24. The molecular weight excluding hydrogens is 297 g/mol. The highest BCUT2D eigenvalue weighted by Gasteiger charge is 2.22. The average molecular weight is 319 g/mol. The van der Waals surface area contributed by atoms with Crippen LogP contribution in [0.15, 0.2) is 42.7 Å². The molecule has 2 rings (SSSR count). The van der Waals surface area contributed by atoms with Crippen LogP contribution < -0.4 is 5.32 Å². The van der Waals surface area contributed by atoms with Gasteiger partial charge < -0.3 is 19.9 Å². The Labute approximate surface area is 135 Å². The van der Waals surface area contributed by atoms with Gasteiger partial charge >= 0.3 is 6.03 Å². The topological polar surface area (TPSA) is 57.5 Å². The summed E-state index contributed by atoms with van der Waals surface area (Å²) in [4.78, 5) is 13.7. The van der Waals surface area contributed by atoms with Crippen LogP contribution in [0, 0.1) is 5.82 Å². The largest absolute Gasteiger partial charge is 0.389 e. The highest BCUT2D eigenvalue weighted by Crippen LogP contribution is 2.20. The number of aliphatic hydroxyl groups is 1. The smallest absolute Gasteiger partial charge is 0.322 e. The zero-order valence-electron chi connectivity index (χ0n) is 13.6. The highest BCUT2D eigenvalue weighted by molar-refractivity contribution is 5.89. The zero-order valence-corrected chi connectivity index (χ0v) is 13.6. The van der Waals surface area contributed by atoms with Gasteiger partial charge in [-0.1, -0.05) is 0 Å². The number of aromatic nitrogens is 1. The summed E-state index contributed by atoms with van der Waals surface area (Å²) in [6.07, 6.45) is 3.68. The van der Waals surface area contributed by atoms with Crippen molar-refractivity contribution in [3.05, 3.63) is 48.5 Å². The minimum atomic E-state index is -1.01. The van der Waals surface area contributed by atoms with Crippen LogP contribution in [-0.4, -0.2) is 39.3 Å². The van der Waals surface area contributed by atoms with Crippen molar-refractivity contribution in [2.45, 2.75) is 26.4 Å². The van der Waals surface area contributed by atoms with Gasteiger partial charge in [-0.15, -0.1) is 0 Å². The molecular formula is C17H22FN3O2. The maximum absolute atomic E-state index is 14.0. The van der Waals surface area contributed by atoms with E-state index in [0.29, 0.717) is 6.54 Å². The summed E-state index contributed by atoms with van der Waals surface area (Å²) in [5.41, 5.74) is -0.161. The van der Waals surface area contributed by atoms with Crippen LogP contribution in [0.1, 0.15) is 20.8 Å². The van der Waals surface area contributed by atoms with E-state index in [9.17, 15) is 14.3 Å². The van der Waals surface area contributed by atoms with Gasteiger partial charge in [0, 0.05) is 24.6 Å². The van der Waals surface area contributed by atoms with Gasteiger partial charge in [0.15, 0.2) is 0 Å². The second-order valence-corrected chi connectivity index (χ2v) is 6.01. The first-order valence-electron chi connectivity index (χ1n) is 7.51. The minimum Gasteiger partial charge on any atom is -0.389 e. The van der Waals surface area contributed by atoms with Gasteiger partial charge in [0.2, 0.25) is 0 Å². The number of benzene rings is 1. The summed E-state index contributed by atoms with van der Waals surface area (Å²) in [5.74, 6) is -0.506. The predicted molar refractivity (Wildman–Crippen MR) is 88.3 cm³/mol. The first-order chi connectivity index (χ1) is 10.8. The van der Waals surface area contributed by atoms with E-state index < -0.39 is 17.4 Å². The lowest BCUT2D eigenvalue weighted by molar-refractivity contribution is 0.0501. The molecule has 5 nitrogen and oxygen atoms in total. The third-order valence-electron chi connectivity index (χ3n) is 3.34. The Hall–Kier alpha value is -2.34. The van der Waals surface area contributed by atoms with Gasteiger partial charge in [0.05, 0.1) is 17.8 Å². The fourth-order valence-corrected chi connectivity index (χ4v) is 2.26. The Morgan fingerprint density at radius 3 is 2.57 bits per heavy atom. The number of nitrogens with zero attached hydrogens (tertiary/aromatic N) is 2. The van der Waals surface area contributed by atoms with E-state index in [-0.39, 0.29) is 12.2 Å². The van der Waals surface area contributed by atoms with Crippen LogP contribution in [-0.2, 0) is 0 Å². The SMILES string of the molecule is CCN(CC(C)(C)O)C(=O)Nc1cc(-n2cccc2)ccc1F. The lowest BCUT2D eigenvalue weighted by Gasteiger charge is -2.28. The van der Waals surface area contributed by atoms with Crippen LogP contribution in [0.2, 0.25) is 0 Å². The molecule has 1 aromatic heterocycles. The molecule has 1 aromatic carbocycles. The molecule has 124 valence electrons. The summed E-state index contributed by atoms with van der Waals surface area (Å²) in [6, 6.07) is 7.81. The van der Waals surface area contributed by atoms with E-state index in [4.69, 9.17) is 0 Å². The molecule has 2 N–H and O–H groups in total. The molecule has 0 aliphatic rings. The molecule has 6 heteroatoms. The van der Waals surface area contributed by atoms with Gasteiger partial charge in [-0.3, -0.25) is 0 Å². The van der Waals surface area contributed by atoms with Crippen molar-refractivity contribution in [3.63, 3.8) is 0 Å². The van der Waals surface area contributed by atoms with Crippen molar-refractivity contribution in [2.24, 2.45) is 0 Å². The van der Waals surface area contributed by atoms with Crippen LogP contribution in [0.5, 0.6) is 0 Å². The molecule has 0 atom stereocenters. The minimum absolute atomic E-state index is 0.107. The Morgan fingerprint density at radius 1 is 1.35 bits per heavy atom. The number of anilines is 1. The van der Waals surface area contributed by atoms with Crippen molar-refractivity contribution in [1.82, 2.24) is 9.47 Å². The molecule has 0 unspecified atom stereocenters. The van der Waals surface area contributed by atoms with E-state index in [1.54, 1.807) is 32.9 Å². The van der Waals surface area contributed by atoms with Crippen molar-refractivity contribution in [2.75, 3.05) is 18.4 Å². The molecule has 23 heavy (non-hydrogen) atoms. The quantitative estimate of drug-likeness (QED) is 0.889. The van der Waals surface area contributed by atoms with Crippen LogP contribution in [0.25, 0.3) is 5.69 Å². The van der Waals surface area contributed by atoms with Crippen LogP contribution in [0.3, 0.4) is 0 Å². The van der Waals surface area contributed by atoms with Crippen molar-refractivity contribution in [1.29, 1.82) is 0 Å². The Morgan fingerprint density at radius 2 is 2.00 bits per heavy atom. The lowest BCUT2D eigenvalue weighted by Crippen LogP contribution is -2.44. The summed E-state index contributed by atoms with van der Waals surface area (Å²) in [5, 5.41) is 12.4. The Balaban J connectivity index is 2.18. The number of hydrogen-bond acceptors (Lipinski definition) is 2. The molecule has 0 bridgehead atoms. The molecule has 1 heterocycles. The standard InChI is InChI=1S/C17H22FN3O2/c1-4-20(12-17(2,3)23)16(22)19-15-11-13(7-8-14(15)18)21-9-5-6-10-21/h5-11,23H,4,12H2,1-3H3,(H,19,22). The average Bonchev–Trinajstić information content (AvgIpc) is 3.00. The highest BCUT2D eigenvalue weighted by atomic mass is 19.1. The number of urea groups is 1. The second kappa shape index (κ2) is 6.83. The number of carbonyl (C=O) groups is 1. The van der Waals surface area contributed by atoms with E-state index in [0.717, 1.165) is 5.69 Å². The van der Waals surface area contributed by atoms with Gasteiger partial charge in [-0.05, 0) is 51.1 Å². The van der Waals surface area contributed by atoms with Crippen LogP contribution in [0.4, 0.5) is 14.9 Å². The monoisotopic (exact) mass is 319 g/mol. The molecule has 0 aliphatic carbocycles. The fraction of sp³-hybridized carbons (Fsp3) is 0.353. The summed E-state index contributed by atoms with van der Waals surface area (Å²) in [7, 11) is 0. The molecule has 0 fully saturated rings. The molecule has 0 radical (unpaired) electrons. The van der Waals surface area contributed by atoms with Gasteiger partial charge in [0.25, 0.3) is 0 Å². The van der Waals surface area contributed by atoms with Gasteiger partial charge in [-0.25, -0.2) is 9.18 Å². The Bertz CT molecular complexity index is 663. The van der Waals surface area contributed by atoms with E-state index in [1.807, 2.05) is 29.1 Å². The number of halogens is 1. The second-order valence-electron chi connectivity index (χ2n) is 6.01. The Kier molecular flexibility index (Phi) is 5.05. The third-order valence-corrected chi connectivity index (χ3v) is 3.34.